The molecule has 3 rings (SSSR count). The van der Waals surface area contributed by atoms with E-state index in [9.17, 15) is 4.79 Å². The van der Waals surface area contributed by atoms with Crippen LogP contribution < -0.4 is 10.6 Å². The lowest BCUT2D eigenvalue weighted by Crippen LogP contribution is -2.57. The molecule has 2 aliphatic heterocycles. The van der Waals surface area contributed by atoms with Crippen molar-refractivity contribution in [1.82, 2.24) is 10.6 Å². The van der Waals surface area contributed by atoms with E-state index in [4.69, 9.17) is 21.1 Å². The lowest BCUT2D eigenvalue weighted by atomic mass is 9.74. The molecule has 6 heteroatoms. The Labute approximate surface area is 148 Å². The number of hydrogen-bond acceptors (Lipinski definition) is 4. The van der Waals surface area contributed by atoms with E-state index in [1.165, 1.54) is 0 Å². The Bertz CT molecular complexity index is 575. The van der Waals surface area contributed by atoms with Crippen molar-refractivity contribution in [2.24, 2.45) is 0 Å². The van der Waals surface area contributed by atoms with Crippen molar-refractivity contribution in [3.8, 4) is 0 Å². The highest BCUT2D eigenvalue weighted by Gasteiger charge is 2.37. The van der Waals surface area contributed by atoms with E-state index >= 15 is 0 Å². The monoisotopic (exact) mass is 352 g/mol. The number of amides is 1. The second kappa shape index (κ2) is 7.83. The Morgan fingerprint density at radius 2 is 2.08 bits per heavy atom. The van der Waals surface area contributed by atoms with Crippen molar-refractivity contribution in [1.29, 1.82) is 0 Å². The third-order valence-corrected chi connectivity index (χ3v) is 5.42. The van der Waals surface area contributed by atoms with Gasteiger partial charge in [0, 0.05) is 36.7 Å². The molecule has 0 radical (unpaired) electrons. The van der Waals surface area contributed by atoms with E-state index in [-0.39, 0.29) is 23.5 Å². The van der Waals surface area contributed by atoms with Crippen LogP contribution in [0.15, 0.2) is 24.3 Å². The molecule has 1 aromatic carbocycles. The maximum Gasteiger partial charge on any atom is 0.239 e. The Morgan fingerprint density at radius 1 is 1.33 bits per heavy atom. The minimum atomic E-state index is -0.304. The molecule has 24 heavy (non-hydrogen) atoms. The number of nitrogens with one attached hydrogen (secondary N) is 2. The summed E-state index contributed by atoms with van der Waals surface area (Å²) in [5.41, 5.74) is 0.918. The minimum absolute atomic E-state index is 0.0138. The van der Waals surface area contributed by atoms with Gasteiger partial charge in [0.15, 0.2) is 0 Å². The highest BCUT2D eigenvalue weighted by molar-refractivity contribution is 6.31. The number of carbonyl (C=O) groups is 1. The molecule has 2 atom stereocenters. The molecule has 5 nitrogen and oxygen atoms in total. The van der Waals surface area contributed by atoms with Gasteiger partial charge in [0.2, 0.25) is 5.91 Å². The van der Waals surface area contributed by atoms with Gasteiger partial charge in [-0.25, -0.2) is 0 Å². The quantitative estimate of drug-likeness (QED) is 0.868. The molecule has 0 saturated carbocycles. The van der Waals surface area contributed by atoms with Crippen molar-refractivity contribution in [2.75, 3.05) is 32.9 Å². The number of rotatable bonds is 4. The van der Waals surface area contributed by atoms with Gasteiger partial charge < -0.3 is 20.1 Å². The fourth-order valence-corrected chi connectivity index (χ4v) is 3.92. The van der Waals surface area contributed by atoms with E-state index in [0.717, 1.165) is 23.4 Å². The van der Waals surface area contributed by atoms with E-state index in [1.54, 1.807) is 0 Å². The average Bonchev–Trinajstić information content (AvgIpc) is 2.61. The molecule has 0 spiro atoms. The predicted molar refractivity (Wildman–Crippen MR) is 93.4 cm³/mol. The second-order valence-corrected chi connectivity index (χ2v) is 7.01. The molecule has 0 aromatic heterocycles. The van der Waals surface area contributed by atoms with Gasteiger partial charge in [0.1, 0.15) is 6.04 Å². The Hall–Kier alpha value is -1.14. The molecule has 2 N–H and O–H groups in total. The standard InChI is InChI=1S/C18H25ClN2O3/c1-13-16(20-8-11-24-13)17(22)21-12-18(6-9-23-10-7-18)14-4-2-3-5-15(14)19/h2-5,13,16,20H,6-12H2,1H3,(H,21,22)/t13-,16+/m1/s1. The molecule has 0 aliphatic carbocycles. The van der Waals surface area contributed by atoms with Gasteiger partial charge in [0.05, 0.1) is 12.7 Å². The van der Waals surface area contributed by atoms with E-state index in [1.807, 2.05) is 25.1 Å². The van der Waals surface area contributed by atoms with Gasteiger partial charge in [-0.1, -0.05) is 29.8 Å². The summed E-state index contributed by atoms with van der Waals surface area (Å²) in [6.45, 7) is 5.20. The predicted octanol–water partition coefficient (Wildman–Crippen LogP) is 1.88. The number of ether oxygens (including phenoxy) is 2. The first-order valence-corrected chi connectivity index (χ1v) is 8.96. The SMILES string of the molecule is C[C@H]1OCCN[C@@H]1C(=O)NCC1(c2ccccc2Cl)CCOCC1. The highest BCUT2D eigenvalue weighted by Crippen LogP contribution is 2.38. The molecule has 2 saturated heterocycles. The molecule has 1 amide bonds. The van der Waals surface area contributed by atoms with Gasteiger partial charge in [-0.05, 0) is 31.4 Å². The number of morpholine rings is 1. The van der Waals surface area contributed by atoms with Gasteiger partial charge >= 0.3 is 0 Å². The number of carbonyl (C=O) groups excluding carboxylic acids is 1. The van der Waals surface area contributed by atoms with Crippen LogP contribution in [0.4, 0.5) is 0 Å². The van der Waals surface area contributed by atoms with Gasteiger partial charge in [-0.15, -0.1) is 0 Å². The molecule has 0 unspecified atom stereocenters. The zero-order valence-electron chi connectivity index (χ0n) is 14.0. The van der Waals surface area contributed by atoms with E-state index in [0.29, 0.717) is 32.9 Å². The van der Waals surface area contributed by atoms with Gasteiger partial charge in [-0.3, -0.25) is 4.79 Å². The summed E-state index contributed by atoms with van der Waals surface area (Å²) in [4.78, 5) is 12.6. The average molecular weight is 353 g/mol. The fourth-order valence-electron chi connectivity index (χ4n) is 3.59. The van der Waals surface area contributed by atoms with Crippen LogP contribution in [0.5, 0.6) is 0 Å². The summed E-state index contributed by atoms with van der Waals surface area (Å²) in [5, 5.41) is 7.11. The van der Waals surface area contributed by atoms with Gasteiger partial charge in [-0.2, -0.15) is 0 Å². The lowest BCUT2D eigenvalue weighted by molar-refractivity contribution is -0.129. The molecule has 2 fully saturated rings. The molecule has 0 bridgehead atoms. The number of hydrogen-bond donors (Lipinski definition) is 2. The molecule has 2 aliphatic rings. The third-order valence-electron chi connectivity index (χ3n) is 5.10. The number of halogens is 1. The van der Waals surface area contributed by atoms with Crippen molar-refractivity contribution < 1.29 is 14.3 Å². The summed E-state index contributed by atoms with van der Waals surface area (Å²) in [6, 6.07) is 7.60. The third kappa shape index (κ3) is 3.75. The Morgan fingerprint density at radius 3 is 2.79 bits per heavy atom. The molecule has 1 aromatic rings. The van der Waals surface area contributed by atoms with Crippen LogP contribution in [0, 0.1) is 0 Å². The summed E-state index contributed by atoms with van der Waals surface area (Å²) < 4.78 is 11.1. The zero-order valence-corrected chi connectivity index (χ0v) is 14.8. The summed E-state index contributed by atoms with van der Waals surface area (Å²) in [6.07, 6.45) is 1.58. The van der Waals surface area contributed by atoms with Crippen molar-refractivity contribution in [3.05, 3.63) is 34.9 Å². The normalized spacial score (nSPS) is 26.8. The van der Waals surface area contributed by atoms with Crippen LogP contribution in [0.25, 0.3) is 0 Å². The first-order valence-electron chi connectivity index (χ1n) is 8.58. The van der Waals surface area contributed by atoms with Crippen LogP contribution in [0.2, 0.25) is 5.02 Å². The van der Waals surface area contributed by atoms with Crippen molar-refractivity contribution in [3.63, 3.8) is 0 Å². The topological polar surface area (TPSA) is 59.6 Å². The van der Waals surface area contributed by atoms with Gasteiger partial charge in [0.25, 0.3) is 0 Å². The molecule has 2 heterocycles. The van der Waals surface area contributed by atoms with Crippen molar-refractivity contribution in [2.45, 2.75) is 37.3 Å². The largest absolute Gasteiger partial charge is 0.381 e. The molecular weight excluding hydrogens is 328 g/mol. The summed E-state index contributed by atoms with van der Waals surface area (Å²) in [5.74, 6) is -0.0138. The van der Waals surface area contributed by atoms with Crippen LogP contribution in [0.1, 0.15) is 25.3 Å². The van der Waals surface area contributed by atoms with Crippen LogP contribution in [-0.4, -0.2) is 51.0 Å². The Balaban J connectivity index is 1.73. The van der Waals surface area contributed by atoms with E-state index in [2.05, 4.69) is 16.7 Å². The maximum absolute atomic E-state index is 12.6. The number of benzene rings is 1. The zero-order chi connectivity index (χ0) is 17.0. The summed E-state index contributed by atoms with van der Waals surface area (Å²) >= 11 is 6.45. The minimum Gasteiger partial charge on any atom is -0.381 e. The summed E-state index contributed by atoms with van der Waals surface area (Å²) in [7, 11) is 0. The van der Waals surface area contributed by atoms with Crippen LogP contribution in [-0.2, 0) is 19.7 Å². The Kier molecular flexibility index (Phi) is 5.76. The molecule has 132 valence electrons. The van der Waals surface area contributed by atoms with Crippen LogP contribution in [0.3, 0.4) is 0 Å². The first kappa shape index (κ1) is 17.7. The van der Waals surface area contributed by atoms with Crippen molar-refractivity contribution >= 4 is 17.5 Å². The van der Waals surface area contributed by atoms with Crippen LogP contribution >= 0.6 is 11.6 Å². The highest BCUT2D eigenvalue weighted by atomic mass is 35.5. The lowest BCUT2D eigenvalue weighted by Gasteiger charge is -2.39. The van der Waals surface area contributed by atoms with E-state index < -0.39 is 0 Å². The maximum atomic E-state index is 12.6. The fraction of sp³-hybridized carbons (Fsp3) is 0.611. The first-order chi connectivity index (χ1) is 11.6. The molecular formula is C18H25ClN2O3. The second-order valence-electron chi connectivity index (χ2n) is 6.60. The smallest absolute Gasteiger partial charge is 0.239 e.